The second kappa shape index (κ2) is 5.79. The van der Waals surface area contributed by atoms with Gasteiger partial charge in [0.2, 0.25) is 0 Å². The molecule has 0 aliphatic carbocycles. The second-order valence-corrected chi connectivity index (χ2v) is 4.54. The molecule has 2 rings (SSSR count). The Balaban J connectivity index is 2.31. The predicted molar refractivity (Wildman–Crippen MR) is 67.2 cm³/mol. The summed E-state index contributed by atoms with van der Waals surface area (Å²) in [6.45, 7) is 2.46. The number of carboxylic acid groups (broad SMARTS) is 1. The smallest absolute Gasteiger partial charge is 0.313 e. The highest BCUT2D eigenvalue weighted by Gasteiger charge is 2.15. The summed E-state index contributed by atoms with van der Waals surface area (Å²) < 4.78 is 14.6. The highest BCUT2D eigenvalue weighted by molar-refractivity contribution is 7.99. The Morgan fingerprint density at radius 3 is 2.84 bits per heavy atom. The zero-order valence-corrected chi connectivity index (χ0v) is 10.9. The molecule has 0 amide bonds. The second-order valence-electron chi connectivity index (χ2n) is 3.59. The molecular formula is C11H11FN4O2S. The Morgan fingerprint density at radius 1 is 1.47 bits per heavy atom. The van der Waals surface area contributed by atoms with E-state index in [2.05, 4.69) is 15.2 Å². The van der Waals surface area contributed by atoms with Gasteiger partial charge in [0.25, 0.3) is 0 Å². The Morgan fingerprint density at radius 2 is 2.26 bits per heavy atom. The number of thioether (sulfide) groups is 1. The number of nitrogens with zero attached hydrogens (tertiary/aromatic N) is 4. The molecule has 2 aromatic heterocycles. The summed E-state index contributed by atoms with van der Waals surface area (Å²) in [6, 6.07) is 2.80. The minimum absolute atomic E-state index is 0.0883. The van der Waals surface area contributed by atoms with Gasteiger partial charge in [-0.3, -0.25) is 4.79 Å². The molecule has 0 aromatic carbocycles. The van der Waals surface area contributed by atoms with Crippen LogP contribution in [0.2, 0.25) is 0 Å². The lowest BCUT2D eigenvalue weighted by Gasteiger charge is -2.05. The topological polar surface area (TPSA) is 80.9 Å². The molecule has 0 atom stereocenters. The molecule has 0 saturated heterocycles. The monoisotopic (exact) mass is 282 g/mol. The molecule has 2 aromatic rings. The van der Waals surface area contributed by atoms with Crippen LogP contribution in [0.25, 0.3) is 11.5 Å². The molecule has 0 spiro atoms. The van der Waals surface area contributed by atoms with E-state index < -0.39 is 11.8 Å². The average molecular weight is 282 g/mol. The highest BCUT2D eigenvalue weighted by Crippen LogP contribution is 2.22. The number of hydrogen-bond acceptors (Lipinski definition) is 5. The molecule has 8 heteroatoms. The van der Waals surface area contributed by atoms with Crippen LogP contribution >= 0.6 is 11.8 Å². The van der Waals surface area contributed by atoms with Crippen LogP contribution < -0.4 is 0 Å². The zero-order chi connectivity index (χ0) is 13.8. The SMILES string of the molecule is CCn1c(SCC(=O)O)nnc1-c1ccc(F)cn1. The van der Waals surface area contributed by atoms with E-state index in [1.54, 1.807) is 4.57 Å². The van der Waals surface area contributed by atoms with Crippen LogP contribution in [0.5, 0.6) is 0 Å². The van der Waals surface area contributed by atoms with E-state index in [1.807, 2.05) is 6.92 Å². The van der Waals surface area contributed by atoms with Gasteiger partial charge in [-0.15, -0.1) is 10.2 Å². The Bertz CT molecular complexity index is 585. The molecular weight excluding hydrogens is 271 g/mol. The molecule has 0 radical (unpaired) electrons. The van der Waals surface area contributed by atoms with E-state index in [0.717, 1.165) is 18.0 Å². The lowest BCUT2D eigenvalue weighted by molar-refractivity contribution is -0.133. The first-order chi connectivity index (χ1) is 9.11. The van der Waals surface area contributed by atoms with Gasteiger partial charge in [0.1, 0.15) is 11.5 Å². The molecule has 0 fully saturated rings. The first-order valence-electron chi connectivity index (χ1n) is 5.51. The van der Waals surface area contributed by atoms with Gasteiger partial charge in [0, 0.05) is 6.54 Å². The number of aliphatic carboxylic acids is 1. The number of hydrogen-bond donors (Lipinski definition) is 1. The van der Waals surface area contributed by atoms with Crippen molar-refractivity contribution in [1.82, 2.24) is 19.7 Å². The van der Waals surface area contributed by atoms with Gasteiger partial charge in [-0.1, -0.05) is 11.8 Å². The van der Waals surface area contributed by atoms with Crippen LogP contribution in [0.4, 0.5) is 4.39 Å². The van der Waals surface area contributed by atoms with Crippen LogP contribution in [0, 0.1) is 5.82 Å². The summed E-state index contributed by atoms with van der Waals surface area (Å²) in [5, 5.41) is 17.1. The number of carboxylic acids is 1. The highest BCUT2D eigenvalue weighted by atomic mass is 32.2. The van der Waals surface area contributed by atoms with Crippen molar-refractivity contribution in [2.75, 3.05) is 5.75 Å². The van der Waals surface area contributed by atoms with Gasteiger partial charge in [-0.2, -0.15) is 0 Å². The van der Waals surface area contributed by atoms with E-state index in [0.29, 0.717) is 23.2 Å². The lowest BCUT2D eigenvalue weighted by atomic mass is 10.3. The third-order valence-electron chi connectivity index (χ3n) is 2.31. The maximum absolute atomic E-state index is 12.8. The molecule has 0 aliphatic rings. The summed E-state index contributed by atoms with van der Waals surface area (Å²) in [4.78, 5) is 14.5. The third kappa shape index (κ3) is 3.08. The zero-order valence-electron chi connectivity index (χ0n) is 10.1. The van der Waals surface area contributed by atoms with Crippen molar-refractivity contribution in [2.24, 2.45) is 0 Å². The first-order valence-corrected chi connectivity index (χ1v) is 6.50. The maximum atomic E-state index is 12.8. The largest absolute Gasteiger partial charge is 0.481 e. The van der Waals surface area contributed by atoms with Gasteiger partial charge in [0.15, 0.2) is 11.0 Å². The van der Waals surface area contributed by atoms with E-state index in [1.165, 1.54) is 12.1 Å². The summed E-state index contributed by atoms with van der Waals surface area (Å²) in [7, 11) is 0. The summed E-state index contributed by atoms with van der Waals surface area (Å²) in [5.41, 5.74) is 0.498. The standard InChI is InChI=1S/C11H11FN4O2S/c1-2-16-10(8-4-3-7(12)5-13-8)14-15-11(16)19-6-9(17)18/h3-5H,2,6H2,1H3,(H,17,18). The molecule has 0 bridgehead atoms. The average Bonchev–Trinajstić information content (AvgIpc) is 2.80. The Labute approximate surface area is 112 Å². The van der Waals surface area contributed by atoms with Gasteiger partial charge in [-0.25, -0.2) is 9.37 Å². The van der Waals surface area contributed by atoms with Gasteiger partial charge in [0.05, 0.1) is 11.9 Å². The predicted octanol–water partition coefficient (Wildman–Crippen LogP) is 1.68. The third-order valence-corrected chi connectivity index (χ3v) is 3.27. The van der Waals surface area contributed by atoms with Crippen molar-refractivity contribution < 1.29 is 14.3 Å². The van der Waals surface area contributed by atoms with Crippen LogP contribution in [0.3, 0.4) is 0 Å². The van der Waals surface area contributed by atoms with E-state index in [9.17, 15) is 9.18 Å². The molecule has 2 heterocycles. The maximum Gasteiger partial charge on any atom is 0.313 e. The molecule has 0 saturated carbocycles. The fourth-order valence-electron chi connectivity index (χ4n) is 1.50. The molecule has 100 valence electrons. The number of rotatable bonds is 5. The molecule has 6 nitrogen and oxygen atoms in total. The fraction of sp³-hybridized carbons (Fsp3) is 0.273. The summed E-state index contributed by atoms with van der Waals surface area (Å²) >= 11 is 1.09. The number of pyridine rings is 1. The first kappa shape index (κ1) is 13.5. The van der Waals surface area contributed by atoms with E-state index >= 15 is 0 Å². The van der Waals surface area contributed by atoms with Gasteiger partial charge in [-0.05, 0) is 19.1 Å². The quantitative estimate of drug-likeness (QED) is 0.840. The normalized spacial score (nSPS) is 10.6. The summed E-state index contributed by atoms with van der Waals surface area (Å²) in [5.74, 6) is -0.936. The summed E-state index contributed by atoms with van der Waals surface area (Å²) in [6.07, 6.45) is 1.11. The fourth-order valence-corrected chi connectivity index (χ4v) is 2.23. The van der Waals surface area contributed by atoms with Crippen LogP contribution in [0.15, 0.2) is 23.5 Å². The minimum atomic E-state index is -0.919. The van der Waals surface area contributed by atoms with Crippen molar-refractivity contribution in [3.05, 3.63) is 24.1 Å². The number of aromatic nitrogens is 4. The molecule has 0 aliphatic heterocycles. The van der Waals surface area contributed by atoms with Crippen molar-refractivity contribution in [3.63, 3.8) is 0 Å². The van der Waals surface area contributed by atoms with E-state index in [-0.39, 0.29) is 5.75 Å². The van der Waals surface area contributed by atoms with Crippen LogP contribution in [-0.4, -0.2) is 36.6 Å². The van der Waals surface area contributed by atoms with Crippen LogP contribution in [0.1, 0.15) is 6.92 Å². The minimum Gasteiger partial charge on any atom is -0.481 e. The van der Waals surface area contributed by atoms with Crippen molar-refractivity contribution in [3.8, 4) is 11.5 Å². The Kier molecular flexibility index (Phi) is 4.10. The van der Waals surface area contributed by atoms with E-state index in [4.69, 9.17) is 5.11 Å². The number of carbonyl (C=O) groups is 1. The lowest BCUT2D eigenvalue weighted by Crippen LogP contribution is -2.03. The molecule has 0 unspecified atom stereocenters. The molecule has 1 N–H and O–H groups in total. The molecule has 19 heavy (non-hydrogen) atoms. The van der Waals surface area contributed by atoms with Gasteiger partial charge >= 0.3 is 5.97 Å². The van der Waals surface area contributed by atoms with Gasteiger partial charge < -0.3 is 9.67 Å². The van der Waals surface area contributed by atoms with Crippen molar-refractivity contribution in [1.29, 1.82) is 0 Å². The van der Waals surface area contributed by atoms with Crippen molar-refractivity contribution in [2.45, 2.75) is 18.6 Å². The van der Waals surface area contributed by atoms with Crippen LogP contribution in [-0.2, 0) is 11.3 Å². The number of halogens is 1. The van der Waals surface area contributed by atoms with Crippen molar-refractivity contribution >= 4 is 17.7 Å². The Hall–Kier alpha value is -1.96.